The lowest BCUT2D eigenvalue weighted by Crippen LogP contribution is -2.40. The number of fused-ring (bicyclic) bond motifs is 2. The number of carbonyl (C=O) groups excluding carboxylic acids is 4. The Bertz CT molecular complexity index is 3110. The maximum absolute atomic E-state index is 14.2. The summed E-state index contributed by atoms with van der Waals surface area (Å²) in [6.45, 7) is 0.383. The van der Waals surface area contributed by atoms with E-state index < -0.39 is 6.10 Å². The van der Waals surface area contributed by atoms with Crippen LogP contribution in [0.15, 0.2) is 67.4 Å². The highest BCUT2D eigenvalue weighted by Crippen LogP contribution is 2.38. The zero-order valence-corrected chi connectivity index (χ0v) is 39.7. The first-order valence-electron chi connectivity index (χ1n) is 24.6. The number of anilines is 2. The first-order chi connectivity index (χ1) is 34.6. The van der Waals surface area contributed by atoms with Gasteiger partial charge in [-0.25, -0.2) is 19.9 Å². The van der Waals surface area contributed by atoms with Crippen LogP contribution in [0, 0.1) is 34.5 Å². The summed E-state index contributed by atoms with van der Waals surface area (Å²) in [5.74, 6) is 0.470. The first kappa shape index (κ1) is 46.8. The predicted molar refractivity (Wildman–Crippen MR) is 264 cm³/mol. The number of nitriles is 2. The van der Waals surface area contributed by atoms with Crippen molar-refractivity contribution in [2.24, 2.45) is 11.8 Å². The lowest BCUT2D eigenvalue weighted by atomic mass is 9.85. The van der Waals surface area contributed by atoms with E-state index in [1.807, 2.05) is 39.6 Å². The molecule has 71 heavy (non-hydrogen) atoms. The molecule has 2 atom stereocenters. The third kappa shape index (κ3) is 9.96. The highest BCUT2D eigenvalue weighted by Gasteiger charge is 2.33. The SMILES string of the molecule is CNC(=O)C1CCC(NC(=O)c2cnc(-n3c(C4CC(Nc5cc(-n6ccc7cc(C#N)cnc76)ncc5C(=O)NC5CCC(C(=O)NC)CC5)CCO4)cc4cc(C#N)cnc43)cc2NC2CC2)CC1. The van der Waals surface area contributed by atoms with E-state index in [1.165, 1.54) is 12.4 Å². The van der Waals surface area contributed by atoms with Crippen LogP contribution in [0.1, 0.15) is 121 Å². The molecule has 3 saturated carbocycles. The smallest absolute Gasteiger partial charge is 0.255 e. The summed E-state index contributed by atoms with van der Waals surface area (Å²) >= 11 is 0. The molecule has 4 aliphatic rings. The number of nitrogens with zero attached hydrogens (tertiary/aromatic N) is 8. The van der Waals surface area contributed by atoms with Crippen LogP contribution in [0.25, 0.3) is 33.7 Å². The molecule has 364 valence electrons. The Hall–Kier alpha value is -7.90. The number of rotatable bonds is 13. The Kier molecular flexibility index (Phi) is 13.3. The van der Waals surface area contributed by atoms with Crippen molar-refractivity contribution in [3.63, 3.8) is 0 Å². The van der Waals surface area contributed by atoms with Crippen LogP contribution in [0.5, 0.6) is 0 Å². The Morgan fingerprint density at radius 1 is 0.606 bits per heavy atom. The summed E-state index contributed by atoms with van der Waals surface area (Å²) in [4.78, 5) is 71.8. The second-order valence-electron chi connectivity index (χ2n) is 19.2. The topological polar surface area (TPSA) is 259 Å². The van der Waals surface area contributed by atoms with E-state index in [1.54, 1.807) is 38.6 Å². The van der Waals surface area contributed by atoms with E-state index >= 15 is 0 Å². The van der Waals surface area contributed by atoms with Gasteiger partial charge in [-0.3, -0.25) is 28.3 Å². The van der Waals surface area contributed by atoms with Gasteiger partial charge in [0.15, 0.2) is 0 Å². The molecule has 3 aliphatic carbocycles. The van der Waals surface area contributed by atoms with Gasteiger partial charge >= 0.3 is 0 Å². The molecule has 7 heterocycles. The minimum atomic E-state index is -0.489. The van der Waals surface area contributed by atoms with Crippen LogP contribution in [0.3, 0.4) is 0 Å². The van der Waals surface area contributed by atoms with Crippen molar-refractivity contribution in [2.45, 2.75) is 107 Å². The van der Waals surface area contributed by atoms with Gasteiger partial charge in [0.25, 0.3) is 11.8 Å². The van der Waals surface area contributed by atoms with E-state index in [-0.39, 0.29) is 59.6 Å². The molecule has 4 amide bonds. The Labute approximate surface area is 410 Å². The van der Waals surface area contributed by atoms with Crippen LogP contribution in [-0.4, -0.2) is 97.6 Å². The molecular weight excluding hydrogens is 901 g/mol. The van der Waals surface area contributed by atoms with E-state index in [0.29, 0.717) is 127 Å². The van der Waals surface area contributed by atoms with Crippen molar-refractivity contribution in [1.29, 1.82) is 10.5 Å². The average molecular weight is 957 g/mol. The second kappa shape index (κ2) is 20.2. The molecule has 4 fully saturated rings. The number of nitrogens with one attached hydrogen (secondary N) is 6. The lowest BCUT2D eigenvalue weighted by molar-refractivity contribution is -0.126. The zero-order chi connectivity index (χ0) is 49.2. The fourth-order valence-corrected chi connectivity index (χ4v) is 10.4. The first-order valence-corrected chi connectivity index (χ1v) is 24.6. The molecule has 1 aliphatic heterocycles. The third-order valence-electron chi connectivity index (χ3n) is 14.5. The van der Waals surface area contributed by atoms with Crippen LogP contribution in [-0.2, 0) is 14.3 Å². The van der Waals surface area contributed by atoms with E-state index in [9.17, 15) is 29.7 Å². The standard InChI is InChI=1S/C52H56N14O5/c1-55-49(67)31-3-7-36(8-4-31)63-51(69)39-27-57-45(65-15-13-33-17-29(23-53)25-59-47(33)65)21-41(39)62-38-14-16-71-44(20-38)43-19-34-18-30(24-54)26-60-48(34)66(43)46-22-42(61-35-11-12-35)40(28-58-46)52(70)64-37-9-5-32(6-10-37)50(68)56-2/h13,15,17-19,21-22,25-28,31-32,35-38,44H,3-12,14,16,20H2,1-2H3,(H,55,67)(H,56,68)(H,57,62)(H,58,61)(H,63,69)(H,64,70). The molecule has 0 spiro atoms. The lowest BCUT2D eigenvalue weighted by Gasteiger charge is -2.32. The number of aromatic nitrogens is 6. The number of carbonyl (C=O) groups is 4. The zero-order valence-electron chi connectivity index (χ0n) is 39.7. The quantitative estimate of drug-likeness (QED) is 0.0792. The van der Waals surface area contributed by atoms with Crippen molar-refractivity contribution >= 4 is 57.1 Å². The van der Waals surface area contributed by atoms with Crippen molar-refractivity contribution in [3.05, 3.63) is 95.3 Å². The normalized spacial score (nSPS) is 22.1. The highest BCUT2D eigenvalue weighted by molar-refractivity contribution is 6.01. The predicted octanol–water partition coefficient (Wildman–Crippen LogP) is 5.87. The Morgan fingerprint density at radius 3 is 1.72 bits per heavy atom. The molecule has 6 aromatic rings. The summed E-state index contributed by atoms with van der Waals surface area (Å²) in [5, 5.41) is 40.1. The summed E-state index contributed by atoms with van der Waals surface area (Å²) in [6, 6.07) is 15.3. The van der Waals surface area contributed by atoms with Crippen molar-refractivity contribution in [1.82, 2.24) is 50.3 Å². The Balaban J connectivity index is 0.948. The fourth-order valence-electron chi connectivity index (χ4n) is 10.4. The van der Waals surface area contributed by atoms with E-state index in [2.05, 4.69) is 49.0 Å². The molecular formula is C52H56N14O5. The fraction of sp³-hybridized carbons (Fsp3) is 0.423. The van der Waals surface area contributed by atoms with Gasteiger partial charge in [0.1, 0.15) is 35.1 Å². The molecule has 10 rings (SSSR count). The van der Waals surface area contributed by atoms with Gasteiger partial charge in [0.05, 0.1) is 45.4 Å². The Morgan fingerprint density at radius 2 is 1.14 bits per heavy atom. The summed E-state index contributed by atoms with van der Waals surface area (Å²) in [7, 11) is 3.30. The van der Waals surface area contributed by atoms with Crippen molar-refractivity contribution in [2.75, 3.05) is 31.3 Å². The number of hydrogen-bond donors (Lipinski definition) is 6. The number of ether oxygens (including phenoxy) is 1. The van der Waals surface area contributed by atoms with Crippen molar-refractivity contribution in [3.8, 4) is 23.8 Å². The van der Waals surface area contributed by atoms with Crippen LogP contribution < -0.4 is 31.9 Å². The van der Waals surface area contributed by atoms with Gasteiger partial charge in [0, 0.05) is 111 Å². The second-order valence-corrected chi connectivity index (χ2v) is 19.2. The van der Waals surface area contributed by atoms with Gasteiger partial charge in [-0.2, -0.15) is 10.5 Å². The average Bonchev–Trinajstić information content (AvgIpc) is 3.99. The molecule has 19 heteroatoms. The molecule has 0 radical (unpaired) electrons. The molecule has 6 aromatic heterocycles. The molecule has 19 nitrogen and oxygen atoms in total. The van der Waals surface area contributed by atoms with Crippen LogP contribution in [0.4, 0.5) is 11.4 Å². The minimum absolute atomic E-state index is 0.0227. The maximum Gasteiger partial charge on any atom is 0.255 e. The number of hydrogen-bond acceptors (Lipinski definition) is 13. The third-order valence-corrected chi connectivity index (χ3v) is 14.5. The van der Waals surface area contributed by atoms with Crippen molar-refractivity contribution < 1.29 is 23.9 Å². The molecule has 0 bridgehead atoms. The van der Waals surface area contributed by atoms with Crippen LogP contribution >= 0.6 is 0 Å². The summed E-state index contributed by atoms with van der Waals surface area (Å²) in [6.07, 6.45) is 16.2. The largest absolute Gasteiger partial charge is 0.382 e. The van der Waals surface area contributed by atoms with Crippen LogP contribution in [0.2, 0.25) is 0 Å². The molecule has 6 N–H and O–H groups in total. The minimum Gasteiger partial charge on any atom is -0.382 e. The molecule has 1 saturated heterocycles. The van der Waals surface area contributed by atoms with Gasteiger partial charge in [-0.15, -0.1) is 0 Å². The summed E-state index contributed by atoms with van der Waals surface area (Å²) in [5.41, 5.74) is 4.79. The number of pyridine rings is 4. The highest BCUT2D eigenvalue weighted by atomic mass is 16.5. The number of amides is 4. The summed E-state index contributed by atoms with van der Waals surface area (Å²) < 4.78 is 10.3. The van der Waals surface area contributed by atoms with Gasteiger partial charge in [-0.05, 0) is 101 Å². The monoisotopic (exact) mass is 956 g/mol. The maximum atomic E-state index is 14.2. The molecule has 0 aromatic carbocycles. The van der Waals surface area contributed by atoms with Gasteiger partial charge in [0.2, 0.25) is 11.8 Å². The van der Waals surface area contributed by atoms with Gasteiger partial charge < -0.3 is 36.6 Å². The van der Waals surface area contributed by atoms with Gasteiger partial charge in [-0.1, -0.05) is 0 Å². The van der Waals surface area contributed by atoms with E-state index in [0.717, 1.165) is 29.3 Å². The van der Waals surface area contributed by atoms with E-state index in [4.69, 9.17) is 19.7 Å². The molecule has 2 unspecified atom stereocenters.